The van der Waals surface area contributed by atoms with Gasteiger partial charge in [-0.3, -0.25) is 10.2 Å². The van der Waals surface area contributed by atoms with Gasteiger partial charge in [0.25, 0.3) is 0 Å². The highest BCUT2D eigenvalue weighted by Gasteiger charge is 1.96. The summed E-state index contributed by atoms with van der Waals surface area (Å²) in [5.74, 6) is 0.440. The van der Waals surface area contributed by atoms with Crippen LogP contribution in [0.4, 0.5) is 5.69 Å². The standard InChI is InChI=1S/C14H20N4OS/c1-10(2)8-15-14(20)18-16-9-12-4-6-13(7-5-12)17-11(3)19/h4-7,9-10H,8H2,1-3H3,(H,17,19)(H2,15,18,20)/b16-9+. The average molecular weight is 292 g/mol. The van der Waals surface area contributed by atoms with Gasteiger partial charge < -0.3 is 10.6 Å². The number of carbonyl (C=O) groups excluding carboxylic acids is 1. The summed E-state index contributed by atoms with van der Waals surface area (Å²) >= 11 is 5.07. The first-order valence-electron chi connectivity index (χ1n) is 6.42. The second kappa shape index (κ2) is 8.27. The van der Waals surface area contributed by atoms with Gasteiger partial charge in [0, 0.05) is 19.2 Å². The van der Waals surface area contributed by atoms with Crippen LogP contribution in [0.3, 0.4) is 0 Å². The third-order valence-corrected chi connectivity index (χ3v) is 2.52. The summed E-state index contributed by atoms with van der Waals surface area (Å²) in [6, 6.07) is 7.36. The Kier molecular flexibility index (Phi) is 6.66. The lowest BCUT2D eigenvalue weighted by Gasteiger charge is -2.08. The molecule has 1 aromatic carbocycles. The van der Waals surface area contributed by atoms with Gasteiger partial charge in [-0.1, -0.05) is 26.0 Å². The van der Waals surface area contributed by atoms with E-state index in [1.165, 1.54) is 6.92 Å². The largest absolute Gasteiger partial charge is 0.361 e. The minimum atomic E-state index is -0.0883. The quantitative estimate of drug-likeness (QED) is 0.442. The van der Waals surface area contributed by atoms with Crippen LogP contribution in [-0.4, -0.2) is 23.8 Å². The number of nitrogens with zero attached hydrogens (tertiary/aromatic N) is 1. The minimum Gasteiger partial charge on any atom is -0.361 e. The van der Waals surface area contributed by atoms with Crippen LogP contribution in [-0.2, 0) is 4.79 Å². The molecule has 5 nitrogen and oxygen atoms in total. The molecule has 0 aliphatic heterocycles. The second-order valence-corrected chi connectivity index (χ2v) is 5.19. The normalized spacial score (nSPS) is 10.6. The molecule has 0 bridgehead atoms. The maximum atomic E-state index is 10.9. The molecule has 1 aromatic rings. The molecular weight excluding hydrogens is 272 g/mol. The summed E-state index contributed by atoms with van der Waals surface area (Å²) in [7, 11) is 0. The molecule has 3 N–H and O–H groups in total. The predicted octanol–water partition coefficient (Wildman–Crippen LogP) is 2.10. The number of carbonyl (C=O) groups is 1. The first kappa shape index (κ1) is 16.1. The molecule has 0 saturated heterocycles. The van der Waals surface area contributed by atoms with Gasteiger partial charge in [-0.2, -0.15) is 5.10 Å². The molecule has 0 aromatic heterocycles. The molecule has 0 fully saturated rings. The molecule has 0 aliphatic rings. The molecule has 0 unspecified atom stereocenters. The van der Waals surface area contributed by atoms with Gasteiger partial charge in [0.2, 0.25) is 5.91 Å². The molecule has 0 spiro atoms. The molecule has 1 rings (SSSR count). The van der Waals surface area contributed by atoms with Crippen molar-refractivity contribution in [3.05, 3.63) is 29.8 Å². The summed E-state index contributed by atoms with van der Waals surface area (Å²) in [5.41, 5.74) is 4.43. The number of rotatable bonds is 5. The van der Waals surface area contributed by atoms with E-state index in [2.05, 4.69) is 35.0 Å². The van der Waals surface area contributed by atoms with Crippen molar-refractivity contribution in [3.63, 3.8) is 0 Å². The van der Waals surface area contributed by atoms with Crippen molar-refractivity contribution in [2.75, 3.05) is 11.9 Å². The summed E-state index contributed by atoms with van der Waals surface area (Å²) in [6.07, 6.45) is 1.67. The number of anilines is 1. The van der Waals surface area contributed by atoms with Crippen molar-refractivity contribution in [2.24, 2.45) is 11.0 Å². The fourth-order valence-electron chi connectivity index (χ4n) is 1.36. The molecule has 108 valence electrons. The summed E-state index contributed by atoms with van der Waals surface area (Å²) in [6.45, 7) is 6.50. The number of nitrogens with one attached hydrogen (secondary N) is 3. The van der Waals surface area contributed by atoms with E-state index in [1.807, 2.05) is 24.3 Å². The Morgan fingerprint density at radius 1 is 1.35 bits per heavy atom. The van der Waals surface area contributed by atoms with E-state index in [0.717, 1.165) is 17.8 Å². The monoisotopic (exact) mass is 292 g/mol. The molecule has 0 atom stereocenters. The predicted molar refractivity (Wildman–Crippen MR) is 86.9 cm³/mol. The van der Waals surface area contributed by atoms with Gasteiger partial charge in [0.05, 0.1) is 6.21 Å². The second-order valence-electron chi connectivity index (χ2n) is 4.78. The van der Waals surface area contributed by atoms with Crippen LogP contribution < -0.4 is 16.1 Å². The van der Waals surface area contributed by atoms with Gasteiger partial charge in [-0.15, -0.1) is 0 Å². The van der Waals surface area contributed by atoms with Crippen LogP contribution in [0.2, 0.25) is 0 Å². The van der Waals surface area contributed by atoms with Crippen molar-refractivity contribution < 1.29 is 4.79 Å². The lowest BCUT2D eigenvalue weighted by molar-refractivity contribution is -0.114. The van der Waals surface area contributed by atoms with E-state index in [0.29, 0.717) is 11.0 Å². The number of hydrazone groups is 1. The Bertz CT molecular complexity index is 482. The third kappa shape index (κ3) is 6.84. The smallest absolute Gasteiger partial charge is 0.221 e. The van der Waals surface area contributed by atoms with Crippen LogP contribution in [0, 0.1) is 5.92 Å². The number of thiocarbonyl (C=S) groups is 1. The number of amides is 1. The van der Waals surface area contributed by atoms with Crippen LogP contribution in [0.15, 0.2) is 29.4 Å². The number of benzene rings is 1. The lowest BCUT2D eigenvalue weighted by Crippen LogP contribution is -2.34. The molecule has 20 heavy (non-hydrogen) atoms. The van der Waals surface area contributed by atoms with Gasteiger partial charge in [0.15, 0.2) is 5.11 Å². The van der Waals surface area contributed by atoms with E-state index in [4.69, 9.17) is 12.2 Å². The average Bonchev–Trinajstić information content (AvgIpc) is 2.38. The fraction of sp³-hybridized carbons (Fsp3) is 0.357. The van der Waals surface area contributed by atoms with Gasteiger partial charge in [-0.05, 0) is 35.8 Å². The molecule has 1 amide bonds. The number of hydrogen-bond acceptors (Lipinski definition) is 3. The van der Waals surface area contributed by atoms with Gasteiger partial charge in [0.1, 0.15) is 0 Å². The highest BCUT2D eigenvalue weighted by atomic mass is 32.1. The topological polar surface area (TPSA) is 65.5 Å². The van der Waals surface area contributed by atoms with Crippen molar-refractivity contribution >= 4 is 35.1 Å². The minimum absolute atomic E-state index is 0.0883. The highest BCUT2D eigenvalue weighted by molar-refractivity contribution is 7.80. The molecule has 6 heteroatoms. The molecule has 0 aliphatic carbocycles. The van der Waals surface area contributed by atoms with E-state index in [1.54, 1.807) is 6.21 Å². The van der Waals surface area contributed by atoms with Crippen LogP contribution >= 0.6 is 12.2 Å². The Morgan fingerprint density at radius 2 is 2.00 bits per heavy atom. The van der Waals surface area contributed by atoms with Crippen molar-refractivity contribution in [3.8, 4) is 0 Å². The maximum Gasteiger partial charge on any atom is 0.221 e. The highest BCUT2D eigenvalue weighted by Crippen LogP contribution is 2.07. The summed E-state index contributed by atoms with van der Waals surface area (Å²) < 4.78 is 0. The summed E-state index contributed by atoms with van der Waals surface area (Å²) in [5, 5.41) is 10.3. The van der Waals surface area contributed by atoms with Crippen LogP contribution in [0.5, 0.6) is 0 Å². The Labute approximate surface area is 124 Å². The van der Waals surface area contributed by atoms with Gasteiger partial charge in [-0.25, -0.2) is 0 Å². The molecule has 0 radical (unpaired) electrons. The first-order chi connectivity index (χ1) is 9.47. The zero-order chi connectivity index (χ0) is 15.0. The van der Waals surface area contributed by atoms with E-state index in [9.17, 15) is 4.79 Å². The van der Waals surface area contributed by atoms with Crippen molar-refractivity contribution in [2.45, 2.75) is 20.8 Å². The van der Waals surface area contributed by atoms with E-state index >= 15 is 0 Å². The van der Waals surface area contributed by atoms with Gasteiger partial charge >= 0.3 is 0 Å². The SMILES string of the molecule is CC(=O)Nc1ccc(/C=N/NC(=S)NCC(C)C)cc1. The first-order valence-corrected chi connectivity index (χ1v) is 6.82. The zero-order valence-electron chi connectivity index (χ0n) is 11.9. The van der Waals surface area contributed by atoms with E-state index in [-0.39, 0.29) is 5.91 Å². The Balaban J connectivity index is 2.42. The van der Waals surface area contributed by atoms with Crippen molar-refractivity contribution in [1.29, 1.82) is 0 Å². The fourth-order valence-corrected chi connectivity index (χ4v) is 1.49. The van der Waals surface area contributed by atoms with E-state index < -0.39 is 0 Å². The number of hydrogen-bond donors (Lipinski definition) is 3. The van der Waals surface area contributed by atoms with Crippen LogP contribution in [0.1, 0.15) is 26.3 Å². The van der Waals surface area contributed by atoms with Crippen LogP contribution in [0.25, 0.3) is 0 Å². The maximum absolute atomic E-state index is 10.9. The Hall–Kier alpha value is -1.95. The van der Waals surface area contributed by atoms with Crippen molar-refractivity contribution in [1.82, 2.24) is 10.7 Å². The summed E-state index contributed by atoms with van der Waals surface area (Å²) in [4.78, 5) is 10.9. The molecule has 0 heterocycles. The lowest BCUT2D eigenvalue weighted by atomic mass is 10.2. The Morgan fingerprint density at radius 3 is 2.55 bits per heavy atom. The zero-order valence-corrected chi connectivity index (χ0v) is 12.8. The molecule has 0 saturated carbocycles. The molecular formula is C14H20N4OS. The third-order valence-electron chi connectivity index (χ3n) is 2.28.